The van der Waals surface area contributed by atoms with Gasteiger partial charge < -0.3 is 10.6 Å². The molecule has 0 saturated heterocycles. The Hall–Kier alpha value is -1.79. The van der Waals surface area contributed by atoms with Crippen LogP contribution in [0.4, 0.5) is 18.9 Å². The second kappa shape index (κ2) is 7.45. The molecule has 138 valence electrons. The van der Waals surface area contributed by atoms with Gasteiger partial charge in [-0.2, -0.15) is 13.2 Å². The predicted octanol–water partition coefficient (Wildman–Crippen LogP) is 6.11. The number of rotatable bonds is 3. The van der Waals surface area contributed by atoms with Gasteiger partial charge in [0.15, 0.2) is 5.11 Å². The van der Waals surface area contributed by atoms with Gasteiger partial charge in [0.25, 0.3) is 0 Å². The summed E-state index contributed by atoms with van der Waals surface area (Å²) in [6, 6.07) is 12.6. The third-order valence-corrected chi connectivity index (χ3v) is 5.18. The Morgan fingerprint density at radius 2 is 1.73 bits per heavy atom. The third kappa shape index (κ3) is 4.13. The van der Waals surface area contributed by atoms with Gasteiger partial charge in [-0.1, -0.05) is 48.7 Å². The van der Waals surface area contributed by atoms with Crippen LogP contribution in [0.15, 0.2) is 48.5 Å². The average molecular weight is 399 g/mol. The van der Waals surface area contributed by atoms with E-state index in [9.17, 15) is 13.2 Å². The van der Waals surface area contributed by atoms with Gasteiger partial charge in [-0.05, 0) is 54.9 Å². The second-order valence-corrected chi connectivity index (χ2v) is 7.24. The number of alkyl halides is 3. The van der Waals surface area contributed by atoms with Gasteiger partial charge >= 0.3 is 6.18 Å². The van der Waals surface area contributed by atoms with E-state index < -0.39 is 17.3 Å². The molecule has 0 unspecified atom stereocenters. The summed E-state index contributed by atoms with van der Waals surface area (Å²) in [6.07, 6.45) is -0.603. The highest BCUT2D eigenvalue weighted by Crippen LogP contribution is 2.41. The summed E-state index contributed by atoms with van der Waals surface area (Å²) in [4.78, 5) is 0. The van der Waals surface area contributed by atoms with E-state index in [2.05, 4.69) is 10.6 Å². The summed E-state index contributed by atoms with van der Waals surface area (Å²) in [7, 11) is 0. The van der Waals surface area contributed by atoms with Crippen molar-refractivity contribution < 1.29 is 13.2 Å². The molecule has 0 aromatic heterocycles. The van der Waals surface area contributed by atoms with E-state index >= 15 is 0 Å². The van der Waals surface area contributed by atoms with Crippen LogP contribution in [0.3, 0.4) is 0 Å². The van der Waals surface area contributed by atoms with Crippen LogP contribution in [0.5, 0.6) is 0 Å². The summed E-state index contributed by atoms with van der Waals surface area (Å²) in [6.45, 7) is 0. The van der Waals surface area contributed by atoms with Crippen molar-refractivity contribution in [3.05, 3.63) is 64.7 Å². The highest BCUT2D eigenvalue weighted by molar-refractivity contribution is 7.80. The molecule has 26 heavy (non-hydrogen) atoms. The van der Waals surface area contributed by atoms with E-state index in [-0.39, 0.29) is 5.11 Å². The van der Waals surface area contributed by atoms with Crippen LogP contribution in [-0.2, 0) is 11.7 Å². The van der Waals surface area contributed by atoms with Crippen LogP contribution in [0.25, 0.3) is 0 Å². The SMILES string of the molecule is FC(F)(F)c1cccc(NC(=S)NC2(c3ccccc3Cl)CCCC2)c1. The van der Waals surface area contributed by atoms with E-state index in [1.54, 1.807) is 6.07 Å². The zero-order valence-corrected chi connectivity index (χ0v) is 15.4. The van der Waals surface area contributed by atoms with Gasteiger partial charge in [-0.25, -0.2) is 0 Å². The normalized spacial score (nSPS) is 16.3. The molecule has 0 aliphatic heterocycles. The maximum Gasteiger partial charge on any atom is 0.416 e. The highest BCUT2D eigenvalue weighted by Gasteiger charge is 2.37. The van der Waals surface area contributed by atoms with E-state index in [1.807, 2.05) is 24.3 Å². The monoisotopic (exact) mass is 398 g/mol. The molecule has 7 heteroatoms. The fourth-order valence-electron chi connectivity index (χ4n) is 3.44. The summed E-state index contributed by atoms with van der Waals surface area (Å²) in [5.41, 5.74) is 0.147. The molecule has 0 atom stereocenters. The van der Waals surface area contributed by atoms with Gasteiger partial charge in [-0.3, -0.25) is 0 Å². The Morgan fingerprint density at radius 1 is 1.04 bits per heavy atom. The summed E-state index contributed by atoms with van der Waals surface area (Å²) < 4.78 is 38.6. The Bertz CT molecular complexity index is 801. The van der Waals surface area contributed by atoms with Gasteiger partial charge in [0.2, 0.25) is 0 Å². The highest BCUT2D eigenvalue weighted by atomic mass is 35.5. The maximum absolute atomic E-state index is 12.9. The first-order valence-electron chi connectivity index (χ1n) is 8.32. The van der Waals surface area contributed by atoms with Gasteiger partial charge in [0.1, 0.15) is 0 Å². The van der Waals surface area contributed by atoms with E-state index in [1.165, 1.54) is 6.07 Å². The summed E-state index contributed by atoms with van der Waals surface area (Å²) in [5.74, 6) is 0. The molecule has 0 spiro atoms. The van der Waals surface area contributed by atoms with Crippen molar-refractivity contribution in [3.63, 3.8) is 0 Å². The number of thiocarbonyl (C=S) groups is 1. The van der Waals surface area contributed by atoms with Crippen molar-refractivity contribution in [3.8, 4) is 0 Å². The van der Waals surface area contributed by atoms with Crippen molar-refractivity contribution in [1.82, 2.24) is 5.32 Å². The molecule has 2 N–H and O–H groups in total. The maximum atomic E-state index is 12.9. The predicted molar refractivity (Wildman–Crippen MR) is 102 cm³/mol. The fraction of sp³-hybridized carbons (Fsp3) is 0.316. The molecule has 0 amide bonds. The number of benzene rings is 2. The smallest absolute Gasteiger partial charge is 0.353 e. The zero-order valence-electron chi connectivity index (χ0n) is 13.9. The van der Waals surface area contributed by atoms with Gasteiger partial charge in [0.05, 0.1) is 11.1 Å². The van der Waals surface area contributed by atoms with Crippen molar-refractivity contribution in [1.29, 1.82) is 0 Å². The lowest BCUT2D eigenvalue weighted by atomic mass is 9.88. The van der Waals surface area contributed by atoms with Crippen LogP contribution in [0.2, 0.25) is 5.02 Å². The standard InChI is InChI=1S/C19H18ClF3N2S/c20-16-9-2-1-8-15(16)18(10-3-4-11-18)25-17(26)24-14-7-5-6-13(12-14)19(21,22)23/h1-2,5-9,12H,3-4,10-11H2,(H2,24,25,26). The molecule has 2 nitrogen and oxygen atoms in total. The van der Waals surface area contributed by atoms with Crippen LogP contribution in [-0.4, -0.2) is 5.11 Å². The molecule has 0 radical (unpaired) electrons. The quantitative estimate of drug-likeness (QED) is 0.609. The fourth-order valence-corrected chi connectivity index (χ4v) is 4.07. The molecule has 0 bridgehead atoms. The van der Waals surface area contributed by atoms with Gasteiger partial charge in [0, 0.05) is 10.7 Å². The molecule has 1 saturated carbocycles. The van der Waals surface area contributed by atoms with E-state index in [0.29, 0.717) is 10.7 Å². The molecule has 3 rings (SSSR count). The summed E-state index contributed by atoms with van der Waals surface area (Å²) in [5, 5.41) is 7.12. The Balaban J connectivity index is 1.79. The third-order valence-electron chi connectivity index (χ3n) is 4.65. The first-order valence-corrected chi connectivity index (χ1v) is 9.10. The topological polar surface area (TPSA) is 24.1 Å². The van der Waals surface area contributed by atoms with Crippen molar-refractivity contribution >= 4 is 34.6 Å². The second-order valence-electron chi connectivity index (χ2n) is 6.43. The van der Waals surface area contributed by atoms with Crippen molar-refractivity contribution in [2.45, 2.75) is 37.4 Å². The van der Waals surface area contributed by atoms with Gasteiger partial charge in [-0.15, -0.1) is 0 Å². The van der Waals surface area contributed by atoms with Crippen LogP contribution >= 0.6 is 23.8 Å². The van der Waals surface area contributed by atoms with E-state index in [0.717, 1.165) is 43.4 Å². The number of hydrogen-bond acceptors (Lipinski definition) is 1. The largest absolute Gasteiger partial charge is 0.416 e. The number of hydrogen-bond donors (Lipinski definition) is 2. The van der Waals surface area contributed by atoms with Crippen LogP contribution in [0.1, 0.15) is 36.8 Å². The molecular weight excluding hydrogens is 381 g/mol. The molecule has 1 aliphatic rings. The Kier molecular flexibility index (Phi) is 5.44. The molecule has 1 fully saturated rings. The Labute approximate surface area is 160 Å². The minimum atomic E-state index is -4.39. The average Bonchev–Trinajstić information content (AvgIpc) is 3.04. The van der Waals surface area contributed by atoms with E-state index in [4.69, 9.17) is 23.8 Å². The molecule has 2 aromatic carbocycles. The first kappa shape index (κ1) is 19.0. The van der Waals surface area contributed by atoms with Crippen LogP contribution < -0.4 is 10.6 Å². The lowest BCUT2D eigenvalue weighted by Crippen LogP contribution is -2.45. The number of nitrogens with one attached hydrogen (secondary N) is 2. The van der Waals surface area contributed by atoms with Crippen molar-refractivity contribution in [2.75, 3.05) is 5.32 Å². The molecule has 0 heterocycles. The minimum Gasteiger partial charge on any atom is -0.353 e. The molecule has 1 aliphatic carbocycles. The summed E-state index contributed by atoms with van der Waals surface area (Å²) >= 11 is 11.8. The number of anilines is 1. The molecular formula is C19H18ClF3N2S. The lowest BCUT2D eigenvalue weighted by Gasteiger charge is -2.33. The lowest BCUT2D eigenvalue weighted by molar-refractivity contribution is -0.137. The minimum absolute atomic E-state index is 0.283. The molecule has 2 aromatic rings. The first-order chi connectivity index (χ1) is 12.3. The Morgan fingerprint density at radius 3 is 2.38 bits per heavy atom. The number of halogens is 4. The van der Waals surface area contributed by atoms with Crippen LogP contribution in [0, 0.1) is 0 Å². The zero-order chi connectivity index (χ0) is 18.8. The van der Waals surface area contributed by atoms with Crippen molar-refractivity contribution in [2.24, 2.45) is 0 Å².